The summed E-state index contributed by atoms with van der Waals surface area (Å²) in [6.07, 6.45) is 1.97. The van der Waals surface area contributed by atoms with E-state index in [2.05, 4.69) is 15.4 Å². The van der Waals surface area contributed by atoms with Gasteiger partial charge in [0.1, 0.15) is 34.9 Å². The fraction of sp³-hybridized carbons (Fsp3) is 0.385. The number of rotatable bonds is 13. The molecule has 15 heteroatoms. The van der Waals surface area contributed by atoms with E-state index in [9.17, 15) is 31.6 Å². The van der Waals surface area contributed by atoms with Crippen LogP contribution >= 0.6 is 12.4 Å². The molecule has 3 rings (SSSR count). The number of halogens is 3. The van der Waals surface area contributed by atoms with Crippen LogP contribution in [0.3, 0.4) is 0 Å². The molecule has 1 fully saturated rings. The van der Waals surface area contributed by atoms with E-state index in [0.29, 0.717) is 43.7 Å². The Morgan fingerprint density at radius 3 is 2.51 bits per heavy atom. The zero-order valence-electron chi connectivity index (χ0n) is 22.0. The fourth-order valence-electron chi connectivity index (χ4n) is 4.47. The average molecular weight is 615 g/mol. The van der Waals surface area contributed by atoms with Gasteiger partial charge in [-0.25, -0.2) is 17.2 Å². The van der Waals surface area contributed by atoms with E-state index in [4.69, 9.17) is 11.1 Å². The number of sulfonamides is 1. The highest BCUT2D eigenvalue weighted by Crippen LogP contribution is 2.22. The second-order valence-electron chi connectivity index (χ2n) is 9.36. The van der Waals surface area contributed by atoms with E-state index in [1.54, 1.807) is 30.3 Å². The van der Waals surface area contributed by atoms with E-state index in [1.165, 1.54) is 4.90 Å². The van der Waals surface area contributed by atoms with Gasteiger partial charge in [-0.2, -0.15) is 4.72 Å². The number of benzene rings is 2. The molecule has 6 N–H and O–H groups in total. The number of carbonyl (C=O) groups is 3. The molecule has 1 aliphatic rings. The zero-order valence-corrected chi connectivity index (χ0v) is 23.6. The standard InChI is InChI=1S/C26H32F2N6O5S.ClH/c27-18-10-11-23(20(28)15-18)40(38,39)33-21(14-17-6-2-1-3-7-17)25(37)34-13-5-9-22(34)24(36)32-19(16-35)8-4-12-31-26(29)30;/h1-3,6-7,10-11,15-16,19,21-22,33H,4-5,8-9,12-14H2,(H,32,36)(H4,29,30,31);1H/t19-,21+,22-;/m0./s1. The molecule has 0 saturated carbocycles. The zero-order chi connectivity index (χ0) is 29.3. The SMILES string of the molecule is Cl.N=C(N)NCCC[C@@H](C=O)NC(=O)[C@@H]1CCCN1C(=O)[C@@H](Cc1ccccc1)NS(=O)(=O)c1ccc(F)cc1F. The van der Waals surface area contributed by atoms with E-state index in [0.717, 1.165) is 12.1 Å². The van der Waals surface area contributed by atoms with Crippen LogP contribution in [0.1, 0.15) is 31.2 Å². The van der Waals surface area contributed by atoms with Gasteiger partial charge in [0, 0.05) is 19.2 Å². The van der Waals surface area contributed by atoms with Gasteiger partial charge in [0.2, 0.25) is 21.8 Å². The highest BCUT2D eigenvalue weighted by atomic mass is 35.5. The van der Waals surface area contributed by atoms with Crippen LogP contribution < -0.4 is 21.1 Å². The first-order valence-corrected chi connectivity index (χ1v) is 14.2. The first-order valence-electron chi connectivity index (χ1n) is 12.7. The highest BCUT2D eigenvalue weighted by Gasteiger charge is 2.39. The number of likely N-dealkylation sites (tertiary alicyclic amines) is 1. The lowest BCUT2D eigenvalue weighted by atomic mass is 10.0. The molecule has 224 valence electrons. The van der Waals surface area contributed by atoms with Gasteiger partial charge >= 0.3 is 0 Å². The molecule has 41 heavy (non-hydrogen) atoms. The summed E-state index contributed by atoms with van der Waals surface area (Å²) in [5.41, 5.74) is 5.84. The van der Waals surface area contributed by atoms with Gasteiger partial charge in [-0.15, -0.1) is 12.4 Å². The van der Waals surface area contributed by atoms with Crippen molar-refractivity contribution in [2.45, 2.75) is 55.1 Å². The summed E-state index contributed by atoms with van der Waals surface area (Å²) in [5, 5.41) is 12.4. The summed E-state index contributed by atoms with van der Waals surface area (Å²) in [6, 6.07) is 7.38. The Hall–Kier alpha value is -3.62. The predicted molar refractivity (Wildman–Crippen MR) is 150 cm³/mol. The van der Waals surface area contributed by atoms with E-state index in [-0.39, 0.29) is 37.8 Å². The number of hydrogen-bond acceptors (Lipinski definition) is 6. The number of amides is 2. The summed E-state index contributed by atoms with van der Waals surface area (Å²) in [4.78, 5) is 38.8. The quantitative estimate of drug-likeness (QED) is 0.0975. The van der Waals surface area contributed by atoms with E-state index < -0.39 is 56.5 Å². The van der Waals surface area contributed by atoms with Crippen LogP contribution in [-0.2, 0) is 30.8 Å². The van der Waals surface area contributed by atoms with Gasteiger partial charge < -0.3 is 26.1 Å². The van der Waals surface area contributed by atoms with Crippen LogP contribution in [0.25, 0.3) is 0 Å². The first-order chi connectivity index (χ1) is 19.0. The van der Waals surface area contributed by atoms with Crippen molar-refractivity contribution in [3.8, 4) is 0 Å². The highest BCUT2D eigenvalue weighted by molar-refractivity contribution is 7.89. The molecule has 0 unspecified atom stereocenters. The van der Waals surface area contributed by atoms with Gasteiger partial charge in [-0.1, -0.05) is 30.3 Å². The first kappa shape index (κ1) is 33.6. The number of aldehydes is 1. The molecule has 11 nitrogen and oxygen atoms in total. The van der Waals surface area contributed by atoms with Crippen molar-refractivity contribution in [3.05, 3.63) is 65.7 Å². The van der Waals surface area contributed by atoms with Crippen molar-refractivity contribution in [1.82, 2.24) is 20.3 Å². The average Bonchev–Trinajstić information content (AvgIpc) is 3.40. The smallest absolute Gasteiger partial charge is 0.244 e. The number of nitrogens with two attached hydrogens (primary N) is 1. The molecule has 2 amide bonds. The number of guanidine groups is 1. The summed E-state index contributed by atoms with van der Waals surface area (Å²) < 4.78 is 56.1. The Labute approximate surface area is 243 Å². The molecule has 0 aliphatic carbocycles. The predicted octanol–water partition coefficient (Wildman–Crippen LogP) is 1.21. The third kappa shape index (κ3) is 9.47. The molecular weight excluding hydrogens is 582 g/mol. The topological polar surface area (TPSA) is 175 Å². The van der Waals surface area contributed by atoms with Crippen LogP contribution in [0.5, 0.6) is 0 Å². The third-order valence-electron chi connectivity index (χ3n) is 6.40. The second-order valence-corrected chi connectivity index (χ2v) is 11.0. The monoisotopic (exact) mass is 614 g/mol. The second kappa shape index (κ2) is 15.4. The third-order valence-corrected chi connectivity index (χ3v) is 7.90. The molecule has 0 aromatic heterocycles. The molecule has 2 aromatic carbocycles. The van der Waals surface area contributed by atoms with Gasteiger partial charge in [0.15, 0.2) is 5.96 Å². The van der Waals surface area contributed by atoms with Crippen molar-refractivity contribution in [2.75, 3.05) is 13.1 Å². The van der Waals surface area contributed by atoms with Gasteiger partial charge in [0.25, 0.3) is 0 Å². The minimum atomic E-state index is -4.60. The number of hydrogen-bond donors (Lipinski definition) is 5. The molecule has 1 saturated heterocycles. The normalized spacial score (nSPS) is 16.2. The molecule has 3 atom stereocenters. The van der Waals surface area contributed by atoms with Crippen molar-refractivity contribution in [1.29, 1.82) is 5.41 Å². The largest absolute Gasteiger partial charge is 0.370 e. The molecule has 1 aliphatic heterocycles. The molecular formula is C26H33ClF2N6O5S. The van der Waals surface area contributed by atoms with Gasteiger partial charge in [-0.05, 0) is 49.8 Å². The fourth-order valence-corrected chi connectivity index (χ4v) is 5.72. The Bertz CT molecular complexity index is 1330. The maximum Gasteiger partial charge on any atom is 0.244 e. The van der Waals surface area contributed by atoms with Crippen LogP contribution in [-0.4, -0.2) is 68.6 Å². The van der Waals surface area contributed by atoms with Crippen molar-refractivity contribution < 1.29 is 31.6 Å². The lowest BCUT2D eigenvalue weighted by Crippen LogP contribution is -2.55. The van der Waals surface area contributed by atoms with Crippen LogP contribution in [0.2, 0.25) is 0 Å². The Morgan fingerprint density at radius 1 is 1.17 bits per heavy atom. The summed E-state index contributed by atoms with van der Waals surface area (Å²) in [6.45, 7) is 0.503. The molecule has 0 radical (unpaired) electrons. The van der Waals surface area contributed by atoms with Crippen LogP contribution in [0.4, 0.5) is 8.78 Å². The maximum absolute atomic E-state index is 14.3. The van der Waals surface area contributed by atoms with E-state index >= 15 is 0 Å². The van der Waals surface area contributed by atoms with Crippen LogP contribution in [0.15, 0.2) is 53.4 Å². The lowest BCUT2D eigenvalue weighted by molar-refractivity contribution is -0.140. The number of nitrogens with zero attached hydrogens (tertiary/aromatic N) is 1. The van der Waals surface area contributed by atoms with Gasteiger partial charge in [-0.3, -0.25) is 15.0 Å². The lowest BCUT2D eigenvalue weighted by Gasteiger charge is -2.29. The number of carbonyl (C=O) groups excluding carboxylic acids is 3. The van der Waals surface area contributed by atoms with Crippen molar-refractivity contribution in [3.63, 3.8) is 0 Å². The molecule has 2 aromatic rings. The Morgan fingerprint density at radius 2 is 1.88 bits per heavy atom. The number of nitrogens with one attached hydrogen (secondary N) is 4. The summed E-state index contributed by atoms with van der Waals surface area (Å²) in [5.74, 6) is -3.73. The van der Waals surface area contributed by atoms with Crippen molar-refractivity contribution in [2.24, 2.45) is 5.73 Å². The summed E-state index contributed by atoms with van der Waals surface area (Å²) >= 11 is 0. The maximum atomic E-state index is 14.3. The molecule has 0 spiro atoms. The summed E-state index contributed by atoms with van der Waals surface area (Å²) in [7, 11) is -4.60. The van der Waals surface area contributed by atoms with Gasteiger partial charge in [0.05, 0.1) is 6.04 Å². The molecule has 0 bridgehead atoms. The Kier molecular flexibility index (Phi) is 12.6. The van der Waals surface area contributed by atoms with Crippen molar-refractivity contribution >= 4 is 46.5 Å². The minimum absolute atomic E-state index is 0. The minimum Gasteiger partial charge on any atom is -0.370 e. The van der Waals surface area contributed by atoms with E-state index in [1.807, 2.05) is 0 Å². The van der Waals surface area contributed by atoms with Crippen LogP contribution in [0, 0.1) is 17.0 Å². The Balaban J connectivity index is 0.00000588. The molecule has 1 heterocycles.